The molecule has 0 saturated carbocycles. The zero-order valence-corrected chi connectivity index (χ0v) is 7.51. The van der Waals surface area contributed by atoms with Gasteiger partial charge in [-0.3, -0.25) is 9.59 Å². The van der Waals surface area contributed by atoms with Crippen molar-refractivity contribution in [2.75, 3.05) is 7.11 Å². The number of ether oxygens (including phenoxy) is 1. The Bertz CT molecular complexity index is 214. The molecule has 1 aliphatic heterocycles. The van der Waals surface area contributed by atoms with Gasteiger partial charge in [0.25, 0.3) is 0 Å². The SMILES string of the molecule is COC(=O)C(C)(C)[C@H]1CC(=O)N1. The van der Waals surface area contributed by atoms with Crippen molar-refractivity contribution in [1.82, 2.24) is 5.32 Å². The summed E-state index contributed by atoms with van der Waals surface area (Å²) in [6.07, 6.45) is 0.419. The van der Waals surface area contributed by atoms with Crippen molar-refractivity contribution in [1.29, 1.82) is 0 Å². The normalized spacial score (nSPS) is 22.6. The molecule has 0 spiro atoms. The predicted octanol–water partition coefficient (Wildman–Crippen LogP) is 0.0741. The maximum atomic E-state index is 11.2. The number of hydrogen-bond acceptors (Lipinski definition) is 3. The van der Waals surface area contributed by atoms with Gasteiger partial charge in [0.15, 0.2) is 0 Å². The highest BCUT2D eigenvalue weighted by atomic mass is 16.5. The Kier molecular flexibility index (Phi) is 2.08. The van der Waals surface area contributed by atoms with Crippen LogP contribution in [0.25, 0.3) is 0 Å². The quantitative estimate of drug-likeness (QED) is 0.472. The van der Waals surface area contributed by atoms with E-state index < -0.39 is 5.41 Å². The van der Waals surface area contributed by atoms with Crippen molar-refractivity contribution in [3.8, 4) is 0 Å². The molecule has 0 aromatic rings. The Morgan fingerprint density at radius 1 is 1.67 bits per heavy atom. The van der Waals surface area contributed by atoms with Crippen LogP contribution >= 0.6 is 0 Å². The first-order valence-electron chi connectivity index (χ1n) is 3.86. The van der Waals surface area contributed by atoms with Crippen LogP contribution in [0.2, 0.25) is 0 Å². The minimum absolute atomic E-state index is 0.00280. The van der Waals surface area contributed by atoms with E-state index in [1.165, 1.54) is 7.11 Å². The van der Waals surface area contributed by atoms with E-state index in [2.05, 4.69) is 10.1 Å². The van der Waals surface area contributed by atoms with Crippen LogP contribution in [-0.2, 0) is 14.3 Å². The zero-order chi connectivity index (χ0) is 9.35. The zero-order valence-electron chi connectivity index (χ0n) is 7.51. The summed E-state index contributed by atoms with van der Waals surface area (Å²) in [5.41, 5.74) is -0.608. The van der Waals surface area contributed by atoms with Crippen LogP contribution in [0.3, 0.4) is 0 Å². The molecule has 0 aliphatic carbocycles. The fraction of sp³-hybridized carbons (Fsp3) is 0.750. The van der Waals surface area contributed by atoms with Crippen LogP contribution in [0.15, 0.2) is 0 Å². The maximum absolute atomic E-state index is 11.2. The smallest absolute Gasteiger partial charge is 0.313 e. The summed E-state index contributed by atoms with van der Waals surface area (Å²) in [6.45, 7) is 3.53. The van der Waals surface area contributed by atoms with Crippen molar-refractivity contribution in [2.45, 2.75) is 26.3 Å². The highest BCUT2D eigenvalue weighted by Gasteiger charge is 2.44. The molecule has 4 heteroatoms. The molecule has 1 heterocycles. The van der Waals surface area contributed by atoms with Crippen LogP contribution in [-0.4, -0.2) is 25.0 Å². The minimum Gasteiger partial charge on any atom is -0.469 e. The number of carbonyl (C=O) groups is 2. The van der Waals surface area contributed by atoms with E-state index in [0.717, 1.165) is 0 Å². The number of rotatable bonds is 2. The van der Waals surface area contributed by atoms with E-state index in [0.29, 0.717) is 6.42 Å². The maximum Gasteiger partial charge on any atom is 0.313 e. The molecule has 1 N–H and O–H groups in total. The van der Waals surface area contributed by atoms with Crippen LogP contribution < -0.4 is 5.32 Å². The van der Waals surface area contributed by atoms with Gasteiger partial charge in [0.2, 0.25) is 5.91 Å². The molecular weight excluding hydrogens is 158 g/mol. The monoisotopic (exact) mass is 171 g/mol. The Hall–Kier alpha value is -1.06. The van der Waals surface area contributed by atoms with Crippen LogP contribution in [0, 0.1) is 5.41 Å². The van der Waals surface area contributed by atoms with E-state index in [1.807, 2.05) is 0 Å². The molecule has 1 amide bonds. The van der Waals surface area contributed by atoms with Gasteiger partial charge >= 0.3 is 5.97 Å². The van der Waals surface area contributed by atoms with Gasteiger partial charge in [-0.2, -0.15) is 0 Å². The second-order valence-corrected chi connectivity index (χ2v) is 3.54. The summed E-state index contributed by atoms with van der Waals surface area (Å²) in [5, 5.41) is 2.66. The number of nitrogens with one attached hydrogen (secondary N) is 1. The van der Waals surface area contributed by atoms with Crippen LogP contribution in [0.1, 0.15) is 20.3 Å². The van der Waals surface area contributed by atoms with E-state index in [-0.39, 0.29) is 17.9 Å². The molecule has 0 aromatic carbocycles. The van der Waals surface area contributed by atoms with E-state index in [4.69, 9.17) is 0 Å². The molecule has 1 atom stereocenters. The molecule has 1 fully saturated rings. The molecular formula is C8H13NO3. The highest BCUT2D eigenvalue weighted by molar-refractivity contribution is 5.87. The van der Waals surface area contributed by atoms with Crippen molar-refractivity contribution < 1.29 is 14.3 Å². The van der Waals surface area contributed by atoms with Crippen LogP contribution in [0.4, 0.5) is 0 Å². The number of amides is 1. The van der Waals surface area contributed by atoms with Gasteiger partial charge in [0.1, 0.15) is 0 Å². The minimum atomic E-state index is -0.608. The molecule has 0 bridgehead atoms. The topological polar surface area (TPSA) is 55.4 Å². The largest absolute Gasteiger partial charge is 0.469 e. The molecule has 12 heavy (non-hydrogen) atoms. The van der Waals surface area contributed by atoms with Crippen LogP contribution in [0.5, 0.6) is 0 Å². The molecule has 0 radical (unpaired) electrons. The molecule has 1 saturated heterocycles. The van der Waals surface area contributed by atoms with Crippen molar-refractivity contribution in [3.63, 3.8) is 0 Å². The third kappa shape index (κ3) is 1.29. The van der Waals surface area contributed by atoms with Crippen molar-refractivity contribution >= 4 is 11.9 Å². The van der Waals surface area contributed by atoms with Gasteiger partial charge in [0.05, 0.1) is 18.6 Å². The Morgan fingerprint density at radius 2 is 2.17 bits per heavy atom. The Labute approximate surface area is 71.3 Å². The number of carbonyl (C=O) groups excluding carboxylic acids is 2. The standard InChI is InChI=1S/C8H13NO3/c1-8(2,7(11)12-3)5-4-6(10)9-5/h5H,4H2,1-3H3,(H,9,10)/t5-/m1/s1. The van der Waals surface area contributed by atoms with Gasteiger partial charge in [0, 0.05) is 6.42 Å². The summed E-state index contributed by atoms with van der Waals surface area (Å²) in [7, 11) is 1.35. The molecule has 0 unspecified atom stereocenters. The predicted molar refractivity (Wildman–Crippen MR) is 42.3 cm³/mol. The molecule has 0 aromatic heterocycles. The molecule has 1 rings (SSSR count). The lowest BCUT2D eigenvalue weighted by molar-refractivity contribution is -0.155. The highest BCUT2D eigenvalue weighted by Crippen LogP contribution is 2.28. The van der Waals surface area contributed by atoms with Gasteiger partial charge < -0.3 is 10.1 Å². The van der Waals surface area contributed by atoms with E-state index in [9.17, 15) is 9.59 Å². The average Bonchev–Trinajstić information content (AvgIpc) is 1.96. The van der Waals surface area contributed by atoms with E-state index in [1.54, 1.807) is 13.8 Å². The first-order valence-corrected chi connectivity index (χ1v) is 3.86. The Morgan fingerprint density at radius 3 is 2.50 bits per heavy atom. The lowest BCUT2D eigenvalue weighted by Crippen LogP contribution is -2.58. The van der Waals surface area contributed by atoms with Gasteiger partial charge in [-0.1, -0.05) is 0 Å². The number of methoxy groups -OCH3 is 1. The first-order chi connectivity index (χ1) is 5.48. The lowest BCUT2D eigenvalue weighted by atomic mass is 9.79. The van der Waals surface area contributed by atoms with Crippen molar-refractivity contribution in [3.05, 3.63) is 0 Å². The second-order valence-electron chi connectivity index (χ2n) is 3.54. The fourth-order valence-corrected chi connectivity index (χ4v) is 1.20. The lowest BCUT2D eigenvalue weighted by Gasteiger charge is -2.38. The fourth-order valence-electron chi connectivity index (χ4n) is 1.20. The summed E-state index contributed by atoms with van der Waals surface area (Å²) < 4.78 is 4.62. The number of hydrogen-bond donors (Lipinski definition) is 1. The third-order valence-corrected chi connectivity index (χ3v) is 2.31. The summed E-state index contributed by atoms with van der Waals surface area (Å²) in [5.74, 6) is -0.288. The Balaban J connectivity index is 2.59. The second kappa shape index (κ2) is 2.77. The van der Waals surface area contributed by atoms with Gasteiger partial charge in [-0.25, -0.2) is 0 Å². The van der Waals surface area contributed by atoms with Crippen molar-refractivity contribution in [2.24, 2.45) is 5.41 Å². The average molecular weight is 171 g/mol. The summed E-state index contributed by atoms with van der Waals surface area (Å²) in [4.78, 5) is 21.8. The molecule has 1 aliphatic rings. The first kappa shape index (κ1) is 9.03. The van der Waals surface area contributed by atoms with Gasteiger partial charge in [-0.15, -0.1) is 0 Å². The molecule has 4 nitrogen and oxygen atoms in total. The van der Waals surface area contributed by atoms with Gasteiger partial charge in [-0.05, 0) is 13.8 Å². The summed E-state index contributed by atoms with van der Waals surface area (Å²) >= 11 is 0. The third-order valence-electron chi connectivity index (χ3n) is 2.31. The summed E-state index contributed by atoms with van der Waals surface area (Å²) in [6, 6.07) is -0.0718. The van der Waals surface area contributed by atoms with E-state index >= 15 is 0 Å². The number of β-lactam (4-membered cyclic amide) rings is 1. The molecule has 68 valence electrons. The number of esters is 1.